The summed E-state index contributed by atoms with van der Waals surface area (Å²) in [5.74, 6) is 0.129. The fourth-order valence-electron chi connectivity index (χ4n) is 0.936. The minimum Gasteiger partial charge on any atom is -0.508 e. The lowest BCUT2D eigenvalue weighted by molar-refractivity contribution is -0.114. The monoisotopic (exact) mass is 225 g/mol. The molecule has 0 bridgehead atoms. The Kier molecular flexibility index (Phi) is 10.6. The largest absolute Gasteiger partial charge is 0.508 e. The van der Waals surface area contributed by atoms with Gasteiger partial charge in [-0.3, -0.25) is 4.79 Å². The van der Waals surface area contributed by atoms with Crippen LogP contribution in [0.3, 0.4) is 0 Å². The summed E-state index contributed by atoms with van der Waals surface area (Å²) >= 11 is 0. The maximum atomic E-state index is 10.6. The SMILES string of the molecule is CC.CC.CC(=O)Nc1ccc(O)c(C)c1. The highest BCUT2D eigenvalue weighted by molar-refractivity contribution is 5.88. The van der Waals surface area contributed by atoms with E-state index in [0.29, 0.717) is 5.69 Å². The lowest BCUT2D eigenvalue weighted by Crippen LogP contribution is -2.05. The zero-order valence-electron chi connectivity index (χ0n) is 11.1. The lowest BCUT2D eigenvalue weighted by atomic mass is 10.2. The zero-order chi connectivity index (χ0) is 13.1. The molecule has 0 aliphatic carbocycles. The molecule has 1 amide bonds. The molecule has 3 heteroatoms. The van der Waals surface area contributed by atoms with E-state index >= 15 is 0 Å². The molecule has 2 N–H and O–H groups in total. The van der Waals surface area contributed by atoms with Crippen molar-refractivity contribution in [3.8, 4) is 5.75 Å². The number of carbonyl (C=O) groups excluding carboxylic acids is 1. The number of amides is 1. The molecule has 0 saturated heterocycles. The van der Waals surface area contributed by atoms with Crippen molar-refractivity contribution in [1.82, 2.24) is 0 Å². The number of nitrogens with one attached hydrogen (secondary N) is 1. The van der Waals surface area contributed by atoms with E-state index in [4.69, 9.17) is 5.11 Å². The number of anilines is 1. The number of phenolic OH excluding ortho intramolecular Hbond substituents is 1. The molecule has 1 aromatic rings. The minimum atomic E-state index is -0.111. The molecule has 0 aliphatic rings. The smallest absolute Gasteiger partial charge is 0.221 e. The highest BCUT2D eigenvalue weighted by Gasteiger charge is 1.98. The second-order valence-electron chi connectivity index (χ2n) is 2.68. The van der Waals surface area contributed by atoms with Gasteiger partial charge in [0.05, 0.1) is 0 Å². The fourth-order valence-corrected chi connectivity index (χ4v) is 0.936. The molecule has 1 aromatic carbocycles. The van der Waals surface area contributed by atoms with E-state index in [2.05, 4.69) is 5.32 Å². The summed E-state index contributed by atoms with van der Waals surface area (Å²) in [6, 6.07) is 4.93. The summed E-state index contributed by atoms with van der Waals surface area (Å²) in [6.07, 6.45) is 0. The summed E-state index contributed by atoms with van der Waals surface area (Å²) in [4.78, 5) is 10.6. The maximum absolute atomic E-state index is 10.6. The molecule has 16 heavy (non-hydrogen) atoms. The van der Waals surface area contributed by atoms with Gasteiger partial charge in [-0.15, -0.1) is 0 Å². The lowest BCUT2D eigenvalue weighted by Gasteiger charge is -2.03. The molecule has 0 atom stereocenters. The molecular formula is C13H23NO2. The van der Waals surface area contributed by atoms with Crippen molar-refractivity contribution in [1.29, 1.82) is 0 Å². The Morgan fingerprint density at radius 1 is 1.19 bits per heavy atom. The number of aromatic hydroxyl groups is 1. The van der Waals surface area contributed by atoms with Crippen molar-refractivity contribution in [3.05, 3.63) is 23.8 Å². The predicted molar refractivity (Wildman–Crippen MR) is 69.8 cm³/mol. The van der Waals surface area contributed by atoms with Crippen LogP contribution in [0.2, 0.25) is 0 Å². The van der Waals surface area contributed by atoms with Crippen LogP contribution in [0.5, 0.6) is 5.75 Å². The van der Waals surface area contributed by atoms with Gasteiger partial charge in [0.2, 0.25) is 5.91 Å². The number of carbonyl (C=O) groups is 1. The molecule has 0 spiro atoms. The van der Waals surface area contributed by atoms with E-state index in [9.17, 15) is 4.79 Å². The molecule has 0 saturated carbocycles. The van der Waals surface area contributed by atoms with Crippen LogP contribution >= 0.6 is 0 Å². The Labute approximate surface area is 98.5 Å². The van der Waals surface area contributed by atoms with Crippen molar-refractivity contribution in [2.45, 2.75) is 41.5 Å². The molecule has 0 radical (unpaired) electrons. The highest BCUT2D eigenvalue weighted by atomic mass is 16.3. The maximum Gasteiger partial charge on any atom is 0.221 e. The first-order valence-corrected chi connectivity index (χ1v) is 5.67. The number of hydrogen-bond donors (Lipinski definition) is 2. The van der Waals surface area contributed by atoms with Crippen LogP contribution in [0, 0.1) is 6.92 Å². The van der Waals surface area contributed by atoms with E-state index in [1.54, 1.807) is 25.1 Å². The first-order valence-electron chi connectivity index (χ1n) is 5.67. The molecule has 0 aromatic heterocycles. The number of aryl methyl sites for hydroxylation is 1. The fraction of sp³-hybridized carbons (Fsp3) is 0.462. The predicted octanol–water partition coefficient (Wildman–Crippen LogP) is 3.71. The van der Waals surface area contributed by atoms with Gasteiger partial charge in [0.15, 0.2) is 0 Å². The third kappa shape index (κ3) is 6.87. The van der Waals surface area contributed by atoms with E-state index in [1.165, 1.54) is 6.92 Å². The Morgan fingerprint density at radius 3 is 2.06 bits per heavy atom. The Hall–Kier alpha value is -1.51. The van der Waals surface area contributed by atoms with Crippen molar-refractivity contribution >= 4 is 11.6 Å². The molecule has 0 aliphatic heterocycles. The zero-order valence-corrected chi connectivity index (χ0v) is 11.1. The van der Waals surface area contributed by atoms with Gasteiger partial charge >= 0.3 is 0 Å². The van der Waals surface area contributed by atoms with Gasteiger partial charge in [0.1, 0.15) is 5.75 Å². The molecule has 0 heterocycles. The van der Waals surface area contributed by atoms with Crippen molar-refractivity contribution < 1.29 is 9.90 Å². The molecule has 92 valence electrons. The van der Waals surface area contributed by atoms with Gasteiger partial charge in [-0.2, -0.15) is 0 Å². The number of rotatable bonds is 1. The van der Waals surface area contributed by atoms with Crippen LogP contribution in [0.15, 0.2) is 18.2 Å². The third-order valence-corrected chi connectivity index (χ3v) is 1.52. The van der Waals surface area contributed by atoms with Crippen molar-refractivity contribution in [2.75, 3.05) is 5.32 Å². The van der Waals surface area contributed by atoms with Crippen LogP contribution in [0.1, 0.15) is 40.2 Å². The van der Waals surface area contributed by atoms with Crippen LogP contribution in [0.4, 0.5) is 5.69 Å². The number of phenols is 1. The molecule has 3 nitrogen and oxygen atoms in total. The van der Waals surface area contributed by atoms with Crippen molar-refractivity contribution in [2.24, 2.45) is 0 Å². The highest BCUT2D eigenvalue weighted by Crippen LogP contribution is 2.19. The summed E-state index contributed by atoms with van der Waals surface area (Å²) in [6.45, 7) is 11.2. The first kappa shape index (κ1) is 16.9. The van der Waals surface area contributed by atoms with E-state index in [1.807, 2.05) is 27.7 Å². The second-order valence-corrected chi connectivity index (χ2v) is 2.68. The third-order valence-electron chi connectivity index (χ3n) is 1.52. The van der Waals surface area contributed by atoms with Crippen LogP contribution < -0.4 is 5.32 Å². The van der Waals surface area contributed by atoms with Crippen molar-refractivity contribution in [3.63, 3.8) is 0 Å². The van der Waals surface area contributed by atoms with Gasteiger partial charge in [-0.25, -0.2) is 0 Å². The minimum absolute atomic E-state index is 0.111. The Balaban J connectivity index is 0. The van der Waals surface area contributed by atoms with Gasteiger partial charge in [-0.1, -0.05) is 27.7 Å². The summed E-state index contributed by atoms with van der Waals surface area (Å²) < 4.78 is 0. The Bertz CT molecular complexity index is 309. The van der Waals surface area contributed by atoms with E-state index in [-0.39, 0.29) is 11.7 Å². The number of hydrogen-bond acceptors (Lipinski definition) is 2. The molecular weight excluding hydrogens is 202 g/mol. The summed E-state index contributed by atoms with van der Waals surface area (Å²) in [7, 11) is 0. The topological polar surface area (TPSA) is 49.3 Å². The standard InChI is InChI=1S/C9H11NO2.2C2H6/c1-6-5-8(10-7(2)11)3-4-9(6)12;2*1-2/h3-5,12H,1-2H3,(H,10,11);2*1-2H3. The quantitative estimate of drug-likeness (QED) is 0.716. The average molecular weight is 225 g/mol. The van der Waals surface area contributed by atoms with Gasteiger partial charge in [0, 0.05) is 12.6 Å². The molecule has 0 fully saturated rings. The second kappa shape index (κ2) is 10.0. The van der Waals surface area contributed by atoms with Gasteiger partial charge < -0.3 is 10.4 Å². The normalized spacial score (nSPS) is 7.88. The van der Waals surface area contributed by atoms with Gasteiger partial charge in [-0.05, 0) is 30.7 Å². The first-order chi connectivity index (χ1) is 7.59. The van der Waals surface area contributed by atoms with E-state index < -0.39 is 0 Å². The van der Waals surface area contributed by atoms with Gasteiger partial charge in [0.25, 0.3) is 0 Å². The van der Waals surface area contributed by atoms with Crippen LogP contribution in [-0.2, 0) is 4.79 Å². The Morgan fingerprint density at radius 2 is 1.69 bits per heavy atom. The average Bonchev–Trinajstić information content (AvgIpc) is 2.28. The van der Waals surface area contributed by atoms with Crippen LogP contribution in [-0.4, -0.2) is 11.0 Å². The van der Waals surface area contributed by atoms with Crippen LogP contribution in [0.25, 0.3) is 0 Å². The summed E-state index contributed by atoms with van der Waals surface area (Å²) in [5, 5.41) is 11.8. The summed E-state index contributed by atoms with van der Waals surface area (Å²) in [5.41, 5.74) is 1.46. The van der Waals surface area contributed by atoms with E-state index in [0.717, 1.165) is 5.56 Å². The number of benzene rings is 1. The molecule has 1 rings (SSSR count). The molecule has 0 unspecified atom stereocenters.